The number of hydrogen-bond acceptors (Lipinski definition) is 5. The summed E-state index contributed by atoms with van der Waals surface area (Å²) < 4.78 is 22.4. The summed E-state index contributed by atoms with van der Waals surface area (Å²) in [6.07, 6.45) is 3.64. The third kappa shape index (κ3) is 7.56. The van der Waals surface area contributed by atoms with Crippen LogP contribution in [0.4, 0.5) is 14.9 Å². The summed E-state index contributed by atoms with van der Waals surface area (Å²) in [5.74, 6) is -1.17. The van der Waals surface area contributed by atoms with Crippen LogP contribution in [0.5, 0.6) is 0 Å². The van der Waals surface area contributed by atoms with E-state index in [1.165, 1.54) is 52.7 Å². The Bertz CT molecular complexity index is 1440. The minimum Gasteiger partial charge on any atom is -0.436 e. The van der Waals surface area contributed by atoms with Crippen molar-refractivity contribution in [2.24, 2.45) is 7.05 Å². The van der Waals surface area contributed by atoms with Crippen molar-refractivity contribution >= 4 is 34.5 Å². The molecule has 0 unspecified atom stereocenters. The second kappa shape index (κ2) is 12.9. The van der Waals surface area contributed by atoms with Gasteiger partial charge < -0.3 is 29.0 Å². The molecule has 39 heavy (non-hydrogen) atoms. The minimum absolute atomic E-state index is 0.0471. The highest BCUT2D eigenvalue weighted by Crippen LogP contribution is 2.20. The number of rotatable bonds is 10. The molecule has 10 nitrogen and oxygen atoms in total. The summed E-state index contributed by atoms with van der Waals surface area (Å²) in [7, 11) is 8.12. The molecular weight excluding hydrogens is 505 g/mol. The topological polar surface area (TPSA) is 106 Å². The van der Waals surface area contributed by atoms with Crippen molar-refractivity contribution in [2.75, 3.05) is 33.5 Å². The molecule has 0 spiro atoms. The van der Waals surface area contributed by atoms with E-state index in [4.69, 9.17) is 4.74 Å². The number of amides is 3. The van der Waals surface area contributed by atoms with Crippen molar-refractivity contribution in [1.82, 2.24) is 18.9 Å². The van der Waals surface area contributed by atoms with Crippen molar-refractivity contribution in [3.8, 4) is 0 Å². The van der Waals surface area contributed by atoms with Gasteiger partial charge in [0.05, 0.1) is 0 Å². The van der Waals surface area contributed by atoms with Gasteiger partial charge in [0.1, 0.15) is 11.5 Å². The summed E-state index contributed by atoms with van der Waals surface area (Å²) in [5, 5.41) is 3.36. The third-order valence-electron chi connectivity index (χ3n) is 6.19. The molecule has 0 fully saturated rings. The first kappa shape index (κ1) is 29.2. The van der Waals surface area contributed by atoms with Gasteiger partial charge in [-0.3, -0.25) is 14.4 Å². The molecule has 0 saturated heterocycles. The molecule has 11 heteroatoms. The number of likely N-dealkylation sites (N-methyl/N-ethyl adjacent to an activating group) is 1. The van der Waals surface area contributed by atoms with E-state index >= 15 is 0 Å². The number of benzene rings is 1. The van der Waals surface area contributed by atoms with E-state index in [0.29, 0.717) is 19.4 Å². The lowest BCUT2D eigenvalue weighted by Gasteiger charge is -2.19. The number of carbonyl (C=O) groups excluding carboxylic acids is 3. The Morgan fingerprint density at radius 3 is 2.54 bits per heavy atom. The normalized spacial score (nSPS) is 11.9. The number of hydrogen-bond donors (Lipinski definition) is 1. The predicted molar refractivity (Wildman–Crippen MR) is 147 cm³/mol. The lowest BCUT2D eigenvalue weighted by Crippen LogP contribution is -2.37. The fourth-order valence-corrected chi connectivity index (χ4v) is 3.93. The predicted octanol–water partition coefficient (Wildman–Crippen LogP) is 3.15. The number of halogens is 1. The molecule has 2 aromatic heterocycles. The quantitative estimate of drug-likeness (QED) is 0.399. The number of fused-ring (bicyclic) bond motifs is 1. The van der Waals surface area contributed by atoms with Gasteiger partial charge in [-0.1, -0.05) is 6.08 Å². The Hall–Kier alpha value is -4.41. The van der Waals surface area contributed by atoms with Crippen molar-refractivity contribution in [2.45, 2.75) is 31.9 Å². The van der Waals surface area contributed by atoms with Crippen molar-refractivity contribution in [3.05, 3.63) is 76.6 Å². The Morgan fingerprint density at radius 1 is 1.10 bits per heavy atom. The zero-order valence-corrected chi connectivity index (χ0v) is 22.8. The highest BCUT2D eigenvalue weighted by atomic mass is 19.1. The number of anilines is 1. The number of aryl methyl sites for hydroxylation is 3. The van der Waals surface area contributed by atoms with Gasteiger partial charge in [-0.15, -0.1) is 0 Å². The first-order valence-electron chi connectivity index (χ1n) is 12.5. The van der Waals surface area contributed by atoms with Crippen LogP contribution < -0.4 is 10.9 Å². The van der Waals surface area contributed by atoms with E-state index in [9.17, 15) is 23.6 Å². The van der Waals surface area contributed by atoms with Gasteiger partial charge in [-0.05, 0) is 55.3 Å². The van der Waals surface area contributed by atoms with Crippen LogP contribution in [0.3, 0.4) is 0 Å². The van der Waals surface area contributed by atoms with Crippen LogP contribution in [-0.4, -0.2) is 71.1 Å². The Morgan fingerprint density at radius 2 is 1.85 bits per heavy atom. The van der Waals surface area contributed by atoms with Crippen LogP contribution in [0.15, 0.2) is 59.5 Å². The third-order valence-corrected chi connectivity index (χ3v) is 6.19. The molecule has 1 aromatic carbocycles. The number of carbonyl (C=O) groups is 3. The molecule has 0 aliphatic rings. The Kier molecular flexibility index (Phi) is 9.64. The van der Waals surface area contributed by atoms with E-state index in [0.717, 1.165) is 16.6 Å². The number of allylic oxidation sites excluding steroid dienone is 1. The molecular formula is C28H34FN5O5. The lowest BCUT2D eigenvalue weighted by atomic mass is 10.1. The van der Waals surface area contributed by atoms with Gasteiger partial charge in [-0.2, -0.15) is 0 Å². The first-order chi connectivity index (χ1) is 18.5. The molecule has 0 aliphatic heterocycles. The Balaban J connectivity index is 1.72. The fourth-order valence-electron chi connectivity index (χ4n) is 3.93. The van der Waals surface area contributed by atoms with Crippen LogP contribution >= 0.6 is 0 Å². The maximum Gasteiger partial charge on any atom is 0.410 e. The molecule has 2 heterocycles. The summed E-state index contributed by atoms with van der Waals surface area (Å²) >= 11 is 0. The lowest BCUT2D eigenvalue weighted by molar-refractivity contribution is -0.125. The summed E-state index contributed by atoms with van der Waals surface area (Å²) in [4.78, 5) is 52.6. The minimum atomic E-state index is -1.18. The van der Waals surface area contributed by atoms with Gasteiger partial charge in [0, 0.05) is 71.0 Å². The van der Waals surface area contributed by atoms with E-state index < -0.39 is 23.7 Å². The van der Waals surface area contributed by atoms with Crippen molar-refractivity contribution in [3.63, 3.8) is 0 Å². The average Bonchev–Trinajstić information content (AvgIpc) is 3.19. The zero-order chi connectivity index (χ0) is 28.7. The van der Waals surface area contributed by atoms with E-state index in [-0.39, 0.29) is 23.8 Å². The summed E-state index contributed by atoms with van der Waals surface area (Å²) in [5.41, 5.74) is 1.45. The first-order valence-corrected chi connectivity index (χ1v) is 12.5. The molecule has 1 N–H and O–H groups in total. The molecule has 208 valence electrons. The SMILES string of the molecule is CN(C)C(=O)/C=C/CC[C@H](OC(=O)N(C)C)C(=O)Nc1cccn(CCc2cc3cc(F)ccc3n2C)c1=O. The van der Waals surface area contributed by atoms with Gasteiger partial charge in [-0.25, -0.2) is 9.18 Å². The molecule has 1 atom stereocenters. The fraction of sp³-hybridized carbons (Fsp3) is 0.357. The van der Waals surface area contributed by atoms with E-state index in [1.807, 2.05) is 17.7 Å². The van der Waals surface area contributed by atoms with Gasteiger partial charge >= 0.3 is 6.09 Å². The van der Waals surface area contributed by atoms with Crippen LogP contribution in [0.2, 0.25) is 0 Å². The van der Waals surface area contributed by atoms with Crippen LogP contribution in [-0.2, 0) is 34.3 Å². The molecule has 0 radical (unpaired) electrons. The molecule has 0 saturated carbocycles. The standard InChI is InChI=1S/C28H34FN5O5/c1-31(2)25(35)11-7-6-10-24(39-28(38)32(3)4)26(36)30-22-9-8-15-34(27(22)37)16-14-21-18-19-17-20(29)12-13-23(19)33(21)5/h7-9,11-13,15,17-18,24H,6,10,14,16H2,1-5H3,(H,30,36)/b11-7+/t24-/m0/s1. The van der Waals surface area contributed by atoms with Gasteiger partial charge in [0.25, 0.3) is 11.5 Å². The number of nitrogens with zero attached hydrogens (tertiary/aromatic N) is 4. The van der Waals surface area contributed by atoms with E-state index in [1.54, 1.807) is 38.5 Å². The number of aromatic nitrogens is 2. The smallest absolute Gasteiger partial charge is 0.410 e. The van der Waals surface area contributed by atoms with Crippen LogP contribution in [0.25, 0.3) is 10.9 Å². The van der Waals surface area contributed by atoms with Gasteiger partial charge in [0.15, 0.2) is 6.10 Å². The van der Waals surface area contributed by atoms with Gasteiger partial charge in [0.2, 0.25) is 5.91 Å². The average molecular weight is 540 g/mol. The molecule has 3 rings (SSSR count). The summed E-state index contributed by atoms with van der Waals surface area (Å²) in [6, 6.07) is 9.61. The Labute approximate surface area is 226 Å². The molecule has 0 bridgehead atoms. The number of ether oxygens (including phenoxy) is 1. The number of pyridine rings is 1. The second-order valence-corrected chi connectivity index (χ2v) is 9.54. The maximum absolute atomic E-state index is 13.6. The van der Waals surface area contributed by atoms with Crippen molar-refractivity contribution < 1.29 is 23.5 Å². The largest absolute Gasteiger partial charge is 0.436 e. The second-order valence-electron chi connectivity index (χ2n) is 9.54. The monoisotopic (exact) mass is 539 g/mol. The van der Waals surface area contributed by atoms with Crippen LogP contribution in [0, 0.1) is 5.82 Å². The highest BCUT2D eigenvalue weighted by molar-refractivity contribution is 5.95. The summed E-state index contributed by atoms with van der Waals surface area (Å²) in [6.45, 7) is 0.332. The van der Waals surface area contributed by atoms with Crippen molar-refractivity contribution in [1.29, 1.82) is 0 Å². The molecule has 3 aromatic rings. The number of nitrogens with one attached hydrogen (secondary N) is 1. The molecule has 3 amide bonds. The molecule has 0 aliphatic carbocycles. The maximum atomic E-state index is 13.6. The zero-order valence-electron chi connectivity index (χ0n) is 22.8. The van der Waals surface area contributed by atoms with E-state index in [2.05, 4.69) is 5.32 Å². The highest BCUT2D eigenvalue weighted by Gasteiger charge is 2.24. The van der Waals surface area contributed by atoms with Crippen LogP contribution in [0.1, 0.15) is 18.5 Å².